The number of sulfonamides is 1. The number of halogens is 2. The number of primary amides is 1. The third kappa shape index (κ3) is 5.45. The Hall–Kier alpha value is -2.85. The van der Waals surface area contributed by atoms with E-state index in [2.05, 4.69) is 5.32 Å². The summed E-state index contributed by atoms with van der Waals surface area (Å²) in [5, 5.41) is 2.29. The smallest absolute Gasteiger partial charge is 0.251 e. The first-order chi connectivity index (χ1) is 14.7. The number of nitrogens with two attached hydrogens (primary N) is 1. The van der Waals surface area contributed by atoms with Crippen LogP contribution in [0.15, 0.2) is 41.3 Å². The Kier molecular flexibility index (Phi) is 7.01. The molecule has 3 N–H and O–H groups in total. The summed E-state index contributed by atoms with van der Waals surface area (Å²) in [4.78, 5) is 23.5. The lowest BCUT2D eigenvalue weighted by molar-refractivity contribution is -0.116. The average molecular weight is 451 g/mol. The van der Waals surface area contributed by atoms with Crippen molar-refractivity contribution < 1.29 is 26.8 Å². The largest absolute Gasteiger partial charge is 0.366 e. The molecule has 2 aromatic rings. The first-order valence-electron chi connectivity index (χ1n) is 9.86. The van der Waals surface area contributed by atoms with E-state index >= 15 is 0 Å². The summed E-state index contributed by atoms with van der Waals surface area (Å²) >= 11 is 0. The van der Waals surface area contributed by atoms with Crippen LogP contribution in [0.5, 0.6) is 0 Å². The lowest BCUT2D eigenvalue weighted by atomic mass is 10.1. The molecule has 1 saturated heterocycles. The molecule has 0 unspecified atom stereocenters. The minimum absolute atomic E-state index is 0.0268. The number of hydrogen-bond acceptors (Lipinski definition) is 4. The zero-order chi connectivity index (χ0) is 22.6. The van der Waals surface area contributed by atoms with Crippen LogP contribution < -0.4 is 11.1 Å². The van der Waals surface area contributed by atoms with Crippen LogP contribution >= 0.6 is 0 Å². The molecule has 0 atom stereocenters. The number of nitrogens with zero attached hydrogens (tertiary/aromatic N) is 1. The molecule has 10 heteroatoms. The Labute approximate surface area is 179 Å². The van der Waals surface area contributed by atoms with Gasteiger partial charge in [0.05, 0.1) is 16.1 Å². The van der Waals surface area contributed by atoms with Gasteiger partial charge in [0.1, 0.15) is 11.6 Å². The number of amides is 2. The summed E-state index contributed by atoms with van der Waals surface area (Å²) in [5.74, 6) is -3.76. The summed E-state index contributed by atoms with van der Waals surface area (Å²) < 4.78 is 54.2. The number of rotatable bonds is 7. The molecular formula is C21H23F2N3O4S. The fraction of sp³-hybridized carbons (Fsp3) is 0.333. The van der Waals surface area contributed by atoms with Crippen LogP contribution in [0.25, 0.3) is 0 Å². The van der Waals surface area contributed by atoms with E-state index in [1.165, 1.54) is 16.4 Å². The predicted molar refractivity (Wildman–Crippen MR) is 111 cm³/mol. The normalized spacial score (nSPS) is 14.9. The molecule has 0 spiro atoms. The van der Waals surface area contributed by atoms with Crippen LogP contribution in [-0.2, 0) is 21.2 Å². The maximum absolute atomic E-state index is 13.9. The second-order valence-corrected chi connectivity index (χ2v) is 9.27. The highest BCUT2D eigenvalue weighted by atomic mass is 32.2. The average Bonchev–Trinajstić information content (AvgIpc) is 2.75. The Morgan fingerprint density at radius 2 is 1.65 bits per heavy atom. The molecule has 3 rings (SSSR count). The van der Waals surface area contributed by atoms with Crippen LogP contribution in [0.1, 0.15) is 41.6 Å². The van der Waals surface area contributed by atoms with Crippen molar-refractivity contribution in [1.82, 2.24) is 4.31 Å². The number of hydrogen-bond donors (Lipinski definition) is 2. The number of benzene rings is 2. The summed E-state index contributed by atoms with van der Waals surface area (Å²) in [6, 6.07) is 7.62. The van der Waals surface area contributed by atoms with Crippen molar-refractivity contribution in [2.45, 2.75) is 37.0 Å². The van der Waals surface area contributed by atoms with Crippen LogP contribution in [0.3, 0.4) is 0 Å². The molecule has 0 aromatic heterocycles. The van der Waals surface area contributed by atoms with E-state index in [0.717, 1.165) is 30.9 Å². The van der Waals surface area contributed by atoms with E-state index in [9.17, 15) is 26.8 Å². The molecule has 2 amide bonds. The van der Waals surface area contributed by atoms with Crippen molar-refractivity contribution in [3.8, 4) is 0 Å². The van der Waals surface area contributed by atoms with Gasteiger partial charge in [0, 0.05) is 25.6 Å². The van der Waals surface area contributed by atoms with Gasteiger partial charge < -0.3 is 11.1 Å². The molecule has 166 valence electrons. The molecule has 2 aromatic carbocycles. The van der Waals surface area contributed by atoms with Gasteiger partial charge in [-0.05, 0) is 43.0 Å². The van der Waals surface area contributed by atoms with E-state index in [4.69, 9.17) is 5.73 Å². The number of aryl methyl sites for hydroxylation is 1. The number of piperidine rings is 1. The zero-order valence-corrected chi connectivity index (χ0v) is 17.6. The molecule has 0 aliphatic carbocycles. The highest BCUT2D eigenvalue weighted by molar-refractivity contribution is 7.89. The van der Waals surface area contributed by atoms with Crippen molar-refractivity contribution in [1.29, 1.82) is 0 Å². The SMILES string of the molecule is NC(=O)c1cc(NC(=O)CCc2ccc(S(=O)(=O)N3CCCCC3)cc2)c(F)cc1F. The fourth-order valence-corrected chi connectivity index (χ4v) is 4.90. The van der Waals surface area contributed by atoms with E-state index in [1.807, 2.05) is 0 Å². The number of anilines is 1. The monoisotopic (exact) mass is 451 g/mol. The third-order valence-corrected chi connectivity index (χ3v) is 7.03. The highest BCUT2D eigenvalue weighted by Crippen LogP contribution is 2.22. The number of carbonyl (C=O) groups is 2. The first kappa shape index (κ1) is 22.8. The summed E-state index contributed by atoms with van der Waals surface area (Å²) in [5.41, 5.74) is 4.89. The standard InChI is InChI=1S/C21H23F2N3O4S/c22-17-13-18(23)19(12-16(17)21(24)28)25-20(27)9-6-14-4-7-15(8-5-14)31(29,30)26-10-2-1-3-11-26/h4-5,7-8,12-13H,1-3,6,9-11H2,(H2,24,28)(H,25,27). The molecule has 1 aliphatic heterocycles. The summed E-state index contributed by atoms with van der Waals surface area (Å²) in [7, 11) is -3.53. The molecular weight excluding hydrogens is 428 g/mol. The number of nitrogens with one attached hydrogen (secondary N) is 1. The molecule has 7 nitrogen and oxygen atoms in total. The highest BCUT2D eigenvalue weighted by Gasteiger charge is 2.25. The lowest BCUT2D eigenvalue weighted by Gasteiger charge is -2.25. The van der Waals surface area contributed by atoms with E-state index in [-0.39, 0.29) is 23.4 Å². The van der Waals surface area contributed by atoms with E-state index in [0.29, 0.717) is 19.2 Å². The van der Waals surface area contributed by atoms with Gasteiger partial charge in [-0.3, -0.25) is 9.59 Å². The van der Waals surface area contributed by atoms with Crippen molar-refractivity contribution in [2.75, 3.05) is 18.4 Å². The third-order valence-electron chi connectivity index (χ3n) is 5.11. The second kappa shape index (κ2) is 9.52. The van der Waals surface area contributed by atoms with Gasteiger partial charge >= 0.3 is 0 Å². The summed E-state index contributed by atoms with van der Waals surface area (Å²) in [6.45, 7) is 1.03. The van der Waals surface area contributed by atoms with Crippen molar-refractivity contribution >= 4 is 27.5 Å². The second-order valence-electron chi connectivity index (χ2n) is 7.33. The first-order valence-corrected chi connectivity index (χ1v) is 11.3. The Bertz CT molecular complexity index is 1080. The maximum atomic E-state index is 13.9. The van der Waals surface area contributed by atoms with Crippen LogP contribution in [0.2, 0.25) is 0 Å². The molecule has 0 saturated carbocycles. The van der Waals surface area contributed by atoms with Gasteiger partial charge in [-0.15, -0.1) is 0 Å². The molecule has 1 heterocycles. The molecule has 1 fully saturated rings. The minimum atomic E-state index is -3.53. The molecule has 0 bridgehead atoms. The van der Waals surface area contributed by atoms with Crippen molar-refractivity contribution in [2.24, 2.45) is 5.73 Å². The van der Waals surface area contributed by atoms with Crippen LogP contribution in [-0.4, -0.2) is 37.6 Å². The van der Waals surface area contributed by atoms with Crippen molar-refractivity contribution in [3.05, 3.63) is 59.2 Å². The molecule has 31 heavy (non-hydrogen) atoms. The quantitative estimate of drug-likeness (QED) is 0.675. The van der Waals surface area contributed by atoms with Gasteiger partial charge in [0.15, 0.2) is 0 Å². The fourth-order valence-electron chi connectivity index (χ4n) is 3.39. The predicted octanol–water partition coefficient (Wildman–Crippen LogP) is 2.81. The zero-order valence-electron chi connectivity index (χ0n) is 16.7. The lowest BCUT2D eigenvalue weighted by Crippen LogP contribution is -2.35. The van der Waals surface area contributed by atoms with Gasteiger partial charge in [-0.1, -0.05) is 18.6 Å². The Balaban J connectivity index is 1.61. The van der Waals surface area contributed by atoms with Crippen LogP contribution in [0, 0.1) is 11.6 Å². The Morgan fingerprint density at radius 3 is 2.26 bits per heavy atom. The van der Waals surface area contributed by atoms with Crippen LogP contribution in [0.4, 0.5) is 14.5 Å². The Morgan fingerprint density at radius 1 is 1.00 bits per heavy atom. The minimum Gasteiger partial charge on any atom is -0.366 e. The van der Waals surface area contributed by atoms with Gasteiger partial charge in [0.2, 0.25) is 15.9 Å². The molecule has 0 radical (unpaired) electrons. The molecule has 1 aliphatic rings. The van der Waals surface area contributed by atoms with Gasteiger partial charge in [0.25, 0.3) is 5.91 Å². The van der Waals surface area contributed by atoms with Crippen molar-refractivity contribution in [3.63, 3.8) is 0 Å². The van der Waals surface area contributed by atoms with Gasteiger partial charge in [-0.2, -0.15) is 4.31 Å². The number of carbonyl (C=O) groups excluding carboxylic acids is 2. The van der Waals surface area contributed by atoms with E-state index < -0.39 is 39.0 Å². The van der Waals surface area contributed by atoms with E-state index in [1.54, 1.807) is 12.1 Å². The topological polar surface area (TPSA) is 110 Å². The maximum Gasteiger partial charge on any atom is 0.251 e. The van der Waals surface area contributed by atoms with Gasteiger partial charge in [-0.25, -0.2) is 17.2 Å². The summed E-state index contributed by atoms with van der Waals surface area (Å²) in [6.07, 6.45) is 2.98.